The van der Waals surface area contributed by atoms with Crippen molar-refractivity contribution in [1.29, 1.82) is 0 Å². The quantitative estimate of drug-likeness (QED) is 0.577. The van der Waals surface area contributed by atoms with Gasteiger partial charge in [0.2, 0.25) is 0 Å². The van der Waals surface area contributed by atoms with Crippen LogP contribution in [0.2, 0.25) is 0 Å². The van der Waals surface area contributed by atoms with E-state index in [4.69, 9.17) is 0 Å². The van der Waals surface area contributed by atoms with Crippen molar-refractivity contribution in [2.75, 3.05) is 27.2 Å². The maximum absolute atomic E-state index is 12.2. The molecule has 0 aromatic heterocycles. The molecule has 178 valence electrons. The topological polar surface area (TPSA) is 46.9 Å². The molecule has 4 nitrogen and oxygen atoms in total. The van der Waals surface area contributed by atoms with E-state index in [1.54, 1.807) is 4.90 Å². The number of rotatable bonds is 5. The van der Waals surface area contributed by atoms with Crippen LogP contribution in [0.1, 0.15) is 55.4 Å². The number of aliphatic hydroxyl groups is 2. The molecule has 2 unspecified atom stereocenters. The molecule has 0 aromatic rings. The SMILES string of the molecule is C=C1C=C(C(C)(C)C)C=C(C)C1(O)N(CCN(C)C)C1(O)C(=C)C=C(C(C)(C)C)C=C1C. The third-order valence-electron chi connectivity index (χ3n) is 6.68. The van der Waals surface area contributed by atoms with Crippen molar-refractivity contribution in [3.63, 3.8) is 0 Å². The van der Waals surface area contributed by atoms with E-state index in [2.05, 4.69) is 54.7 Å². The highest BCUT2D eigenvalue weighted by Gasteiger charge is 2.53. The summed E-state index contributed by atoms with van der Waals surface area (Å²) in [6.07, 6.45) is 7.98. The van der Waals surface area contributed by atoms with Gasteiger partial charge in [0.05, 0.1) is 0 Å². The van der Waals surface area contributed by atoms with Crippen LogP contribution in [0.3, 0.4) is 0 Å². The highest BCUT2D eigenvalue weighted by atomic mass is 16.4. The monoisotopic (exact) mass is 440 g/mol. The molecule has 0 fully saturated rings. The van der Waals surface area contributed by atoms with Gasteiger partial charge < -0.3 is 15.1 Å². The lowest BCUT2D eigenvalue weighted by Crippen LogP contribution is -2.65. The molecule has 2 aliphatic carbocycles. The first-order valence-electron chi connectivity index (χ1n) is 11.4. The molecule has 0 aliphatic heterocycles. The fraction of sp³-hybridized carbons (Fsp3) is 0.571. The molecule has 0 spiro atoms. The molecule has 2 atom stereocenters. The standard InChI is InChI=1S/C28H44N2O2/c1-19-15-23(25(5,6)7)16-20(2)27(19,31)30(14-13-29(11)12)28(32)21(3)17-24(18-22(28)4)26(8,9)10/h15-18,31-32H,1,3,13-14H2,2,4-12H3. The zero-order valence-corrected chi connectivity index (χ0v) is 21.9. The van der Waals surface area contributed by atoms with Gasteiger partial charge >= 0.3 is 0 Å². The van der Waals surface area contributed by atoms with Crippen LogP contribution in [0, 0.1) is 10.8 Å². The summed E-state index contributed by atoms with van der Waals surface area (Å²) in [6, 6.07) is 0. The van der Waals surface area contributed by atoms with E-state index < -0.39 is 11.4 Å². The van der Waals surface area contributed by atoms with Gasteiger partial charge in [-0.15, -0.1) is 0 Å². The second-order valence-corrected chi connectivity index (χ2v) is 11.7. The van der Waals surface area contributed by atoms with Gasteiger partial charge in [-0.1, -0.05) is 79.0 Å². The molecule has 0 saturated heterocycles. The number of hydrogen-bond acceptors (Lipinski definition) is 4. The van der Waals surface area contributed by atoms with E-state index in [0.29, 0.717) is 24.2 Å². The molecule has 2 N–H and O–H groups in total. The molecule has 0 radical (unpaired) electrons. The zero-order chi connectivity index (χ0) is 24.9. The van der Waals surface area contributed by atoms with Crippen molar-refractivity contribution in [2.24, 2.45) is 10.8 Å². The third kappa shape index (κ3) is 4.65. The van der Waals surface area contributed by atoms with E-state index in [-0.39, 0.29) is 10.8 Å². The molecular formula is C28H44N2O2. The van der Waals surface area contributed by atoms with Crippen LogP contribution in [-0.2, 0) is 0 Å². The van der Waals surface area contributed by atoms with Crippen molar-refractivity contribution in [1.82, 2.24) is 9.80 Å². The average molecular weight is 441 g/mol. The molecule has 0 amide bonds. The van der Waals surface area contributed by atoms with Crippen molar-refractivity contribution in [3.8, 4) is 0 Å². The first-order chi connectivity index (χ1) is 14.4. The Bertz CT molecular complexity index is 848. The van der Waals surface area contributed by atoms with E-state index in [1.165, 1.54) is 0 Å². The lowest BCUT2D eigenvalue weighted by molar-refractivity contribution is -0.162. The van der Waals surface area contributed by atoms with Gasteiger partial charge in [-0.2, -0.15) is 0 Å². The van der Waals surface area contributed by atoms with Crippen molar-refractivity contribution >= 4 is 0 Å². The highest BCUT2D eigenvalue weighted by molar-refractivity contribution is 5.54. The molecule has 0 bridgehead atoms. The van der Waals surface area contributed by atoms with E-state index in [1.807, 2.05) is 57.1 Å². The Morgan fingerprint density at radius 3 is 1.31 bits per heavy atom. The lowest BCUT2D eigenvalue weighted by atomic mass is 9.74. The minimum absolute atomic E-state index is 0.0779. The van der Waals surface area contributed by atoms with Crippen LogP contribution in [0.25, 0.3) is 0 Å². The minimum atomic E-state index is -1.54. The molecule has 0 aromatic carbocycles. The van der Waals surface area contributed by atoms with Gasteiger partial charge in [0.15, 0.2) is 11.4 Å². The normalized spacial score (nSPS) is 27.4. The van der Waals surface area contributed by atoms with Gasteiger partial charge in [-0.05, 0) is 72.2 Å². The third-order valence-corrected chi connectivity index (χ3v) is 6.68. The molecule has 32 heavy (non-hydrogen) atoms. The summed E-state index contributed by atoms with van der Waals surface area (Å²) in [4.78, 5) is 3.80. The Kier molecular flexibility index (Phi) is 7.10. The molecule has 2 rings (SSSR count). The summed E-state index contributed by atoms with van der Waals surface area (Å²) in [7, 11) is 3.97. The molecular weight excluding hydrogens is 396 g/mol. The van der Waals surface area contributed by atoms with Crippen molar-refractivity contribution in [3.05, 3.63) is 70.9 Å². The summed E-state index contributed by atoms with van der Waals surface area (Å²) in [5.41, 5.74) is 1.58. The predicted octanol–water partition coefficient (Wildman–Crippen LogP) is 5.20. The second kappa shape index (κ2) is 8.57. The Balaban J connectivity index is 2.66. The number of likely N-dealkylation sites (N-methyl/N-ethyl adjacent to an activating group) is 1. The first kappa shape index (κ1) is 26.5. The maximum Gasteiger partial charge on any atom is 0.169 e. The van der Waals surface area contributed by atoms with Crippen LogP contribution in [0.15, 0.2) is 70.9 Å². The zero-order valence-electron chi connectivity index (χ0n) is 21.9. The summed E-state index contributed by atoms with van der Waals surface area (Å²) in [5.74, 6) is 0. The van der Waals surface area contributed by atoms with Crippen LogP contribution < -0.4 is 0 Å². The van der Waals surface area contributed by atoms with Gasteiger partial charge in [-0.3, -0.25) is 0 Å². The van der Waals surface area contributed by atoms with Crippen LogP contribution in [-0.4, -0.2) is 58.6 Å². The summed E-state index contributed by atoms with van der Waals surface area (Å²) in [6.45, 7) is 26.3. The minimum Gasteiger partial charge on any atom is -0.367 e. The molecule has 4 heteroatoms. The van der Waals surface area contributed by atoms with E-state index in [9.17, 15) is 10.2 Å². The van der Waals surface area contributed by atoms with Crippen LogP contribution in [0.4, 0.5) is 0 Å². The number of nitrogens with zero attached hydrogens (tertiary/aromatic N) is 2. The van der Waals surface area contributed by atoms with Crippen molar-refractivity contribution in [2.45, 2.75) is 66.8 Å². The van der Waals surface area contributed by atoms with Crippen LogP contribution >= 0.6 is 0 Å². The fourth-order valence-electron chi connectivity index (χ4n) is 4.33. The maximum atomic E-state index is 12.2. The number of hydrogen-bond donors (Lipinski definition) is 2. The smallest absolute Gasteiger partial charge is 0.169 e. The van der Waals surface area contributed by atoms with Crippen LogP contribution in [0.5, 0.6) is 0 Å². The number of allylic oxidation sites excluding steroid dienone is 4. The average Bonchev–Trinajstić information content (AvgIpc) is 2.62. The lowest BCUT2D eigenvalue weighted by Gasteiger charge is -2.53. The predicted molar refractivity (Wildman–Crippen MR) is 136 cm³/mol. The largest absolute Gasteiger partial charge is 0.367 e. The van der Waals surface area contributed by atoms with Gasteiger partial charge in [0.25, 0.3) is 0 Å². The Morgan fingerprint density at radius 2 is 1.06 bits per heavy atom. The van der Waals surface area contributed by atoms with Gasteiger partial charge in [0.1, 0.15) is 0 Å². The summed E-state index contributed by atoms with van der Waals surface area (Å²) in [5, 5.41) is 24.4. The summed E-state index contributed by atoms with van der Waals surface area (Å²) >= 11 is 0. The van der Waals surface area contributed by atoms with E-state index in [0.717, 1.165) is 22.3 Å². The molecule has 0 heterocycles. The van der Waals surface area contributed by atoms with Crippen molar-refractivity contribution < 1.29 is 10.2 Å². The van der Waals surface area contributed by atoms with E-state index >= 15 is 0 Å². The van der Waals surface area contributed by atoms with Gasteiger partial charge in [-0.25, -0.2) is 4.90 Å². The molecule has 2 aliphatic rings. The summed E-state index contributed by atoms with van der Waals surface area (Å²) < 4.78 is 0. The van der Waals surface area contributed by atoms with Gasteiger partial charge in [0, 0.05) is 13.1 Å². The fourth-order valence-corrected chi connectivity index (χ4v) is 4.33. The Morgan fingerprint density at radius 1 is 0.719 bits per heavy atom. The Labute approximate surface area is 196 Å². The first-order valence-corrected chi connectivity index (χ1v) is 11.4. The Hall–Kier alpha value is -1.72. The highest BCUT2D eigenvalue weighted by Crippen LogP contribution is 2.47. The second-order valence-electron chi connectivity index (χ2n) is 11.7. The molecule has 0 saturated carbocycles.